The zero-order valence-electron chi connectivity index (χ0n) is 21.8. The average molecular weight is 563 g/mol. The van der Waals surface area contributed by atoms with Crippen LogP contribution in [0.5, 0.6) is 0 Å². The molecule has 0 amide bonds. The van der Waals surface area contributed by atoms with Gasteiger partial charge in [-0.1, -0.05) is 24.3 Å². The van der Waals surface area contributed by atoms with Crippen molar-refractivity contribution in [1.29, 1.82) is 0 Å². The fraction of sp³-hybridized carbons (Fsp3) is 0.500. The Balaban J connectivity index is 1.33. The Hall–Kier alpha value is -2.92. The van der Waals surface area contributed by atoms with Crippen LogP contribution >= 0.6 is 0 Å². The number of benzene rings is 2. The molecule has 5 rings (SSSR count). The van der Waals surface area contributed by atoms with Gasteiger partial charge in [0.15, 0.2) is 0 Å². The second-order valence-electron chi connectivity index (χ2n) is 10.5. The van der Waals surface area contributed by atoms with E-state index >= 15 is 0 Å². The quantitative estimate of drug-likeness (QED) is 0.332. The molecular formula is C28H33F3N4O3S. The average Bonchev–Trinajstić information content (AvgIpc) is 3.43. The predicted molar refractivity (Wildman–Crippen MR) is 143 cm³/mol. The van der Waals surface area contributed by atoms with Crippen LogP contribution in [-0.2, 0) is 16.6 Å². The van der Waals surface area contributed by atoms with Crippen LogP contribution in [0.4, 0.5) is 18.9 Å². The van der Waals surface area contributed by atoms with Crippen LogP contribution in [0.1, 0.15) is 62.0 Å². The zero-order valence-corrected chi connectivity index (χ0v) is 22.7. The van der Waals surface area contributed by atoms with Gasteiger partial charge in [0.1, 0.15) is 6.17 Å². The van der Waals surface area contributed by atoms with Gasteiger partial charge in [-0.15, -0.1) is 10.2 Å². The van der Waals surface area contributed by atoms with Crippen LogP contribution in [-0.4, -0.2) is 54.1 Å². The Labute approximate surface area is 227 Å². The number of anilines is 1. The van der Waals surface area contributed by atoms with Gasteiger partial charge < -0.3 is 9.32 Å². The van der Waals surface area contributed by atoms with Gasteiger partial charge in [-0.3, -0.25) is 4.31 Å². The first kappa shape index (κ1) is 27.6. The molecule has 1 aromatic heterocycles. The molecule has 210 valence electrons. The maximum atomic E-state index is 14.0. The number of alkyl halides is 3. The van der Waals surface area contributed by atoms with Crippen molar-refractivity contribution in [2.75, 3.05) is 17.4 Å². The van der Waals surface area contributed by atoms with Gasteiger partial charge in [-0.05, 0) is 93.9 Å². The lowest BCUT2D eigenvalue weighted by molar-refractivity contribution is 0.103. The molecule has 0 bridgehead atoms. The molecule has 0 atom stereocenters. The summed E-state index contributed by atoms with van der Waals surface area (Å²) in [5.74, 6) is -0.765. The van der Waals surface area contributed by atoms with Crippen LogP contribution in [0.3, 0.4) is 0 Å². The van der Waals surface area contributed by atoms with Crippen LogP contribution in [0, 0.1) is 6.92 Å². The number of halogens is 3. The number of hydrogen-bond donors (Lipinski definition) is 0. The van der Waals surface area contributed by atoms with Crippen molar-refractivity contribution in [3.8, 4) is 11.5 Å². The molecule has 2 aliphatic rings. The number of rotatable bonds is 8. The number of likely N-dealkylation sites (tertiary alicyclic amines) is 1. The minimum atomic E-state index is -3.70. The summed E-state index contributed by atoms with van der Waals surface area (Å²) in [5.41, 5.74) is 2.75. The molecule has 2 aromatic carbocycles. The summed E-state index contributed by atoms with van der Waals surface area (Å²) >= 11 is 0. The van der Waals surface area contributed by atoms with Gasteiger partial charge in [0, 0.05) is 11.6 Å². The molecule has 1 aliphatic carbocycles. The summed E-state index contributed by atoms with van der Waals surface area (Å²) in [4.78, 5) is 2.34. The van der Waals surface area contributed by atoms with Crippen LogP contribution < -0.4 is 4.31 Å². The highest BCUT2D eigenvalue weighted by Crippen LogP contribution is 2.32. The van der Waals surface area contributed by atoms with E-state index < -0.39 is 33.8 Å². The minimum absolute atomic E-state index is 0.0215. The third kappa shape index (κ3) is 6.30. The van der Waals surface area contributed by atoms with E-state index in [2.05, 4.69) is 15.1 Å². The lowest BCUT2D eigenvalue weighted by atomic mass is 9.91. The van der Waals surface area contributed by atoms with E-state index in [1.807, 2.05) is 25.1 Å². The van der Waals surface area contributed by atoms with Crippen molar-refractivity contribution in [1.82, 2.24) is 15.1 Å². The smallest absolute Gasteiger partial charge is 0.314 e. The summed E-state index contributed by atoms with van der Waals surface area (Å²) in [6.07, 6.45) is 0.333. The van der Waals surface area contributed by atoms with E-state index in [1.165, 1.54) is 4.31 Å². The van der Waals surface area contributed by atoms with Crippen molar-refractivity contribution in [3.05, 3.63) is 65.5 Å². The minimum Gasteiger partial charge on any atom is -0.415 e. The van der Waals surface area contributed by atoms with Gasteiger partial charge in [0.25, 0.3) is 5.89 Å². The molecule has 1 aliphatic heterocycles. The Morgan fingerprint density at radius 1 is 1.00 bits per heavy atom. The lowest BCUT2D eigenvalue weighted by Crippen LogP contribution is -2.49. The predicted octanol–water partition coefficient (Wildman–Crippen LogP) is 6.06. The summed E-state index contributed by atoms with van der Waals surface area (Å²) in [7, 11) is -3.70. The van der Waals surface area contributed by atoms with E-state index in [1.54, 1.807) is 30.3 Å². The summed E-state index contributed by atoms with van der Waals surface area (Å²) in [6, 6.07) is 14.6. The summed E-state index contributed by atoms with van der Waals surface area (Å²) in [5, 5.41) is 6.52. The highest BCUT2D eigenvalue weighted by atomic mass is 32.2. The first-order chi connectivity index (χ1) is 18.7. The lowest BCUT2D eigenvalue weighted by Gasteiger charge is -2.40. The van der Waals surface area contributed by atoms with E-state index in [0.717, 1.165) is 24.0 Å². The van der Waals surface area contributed by atoms with Crippen molar-refractivity contribution in [3.63, 3.8) is 0 Å². The maximum Gasteiger partial charge on any atom is 0.314 e. The molecule has 0 N–H and O–H groups in total. The Bertz CT molecular complexity index is 1350. The first-order valence-electron chi connectivity index (χ1n) is 13.4. The van der Waals surface area contributed by atoms with Gasteiger partial charge in [-0.2, -0.15) is 8.78 Å². The molecule has 0 spiro atoms. The maximum absolute atomic E-state index is 14.0. The number of aromatic nitrogens is 2. The largest absolute Gasteiger partial charge is 0.415 e. The molecule has 7 nitrogen and oxygen atoms in total. The molecule has 0 radical (unpaired) electrons. The third-order valence-electron chi connectivity index (χ3n) is 7.79. The highest BCUT2D eigenvalue weighted by molar-refractivity contribution is 7.93. The van der Waals surface area contributed by atoms with Crippen molar-refractivity contribution in [2.24, 2.45) is 0 Å². The van der Waals surface area contributed by atoms with Gasteiger partial charge >= 0.3 is 6.43 Å². The van der Waals surface area contributed by atoms with E-state index in [-0.39, 0.29) is 12.4 Å². The van der Waals surface area contributed by atoms with Crippen LogP contribution in [0.2, 0.25) is 0 Å². The monoisotopic (exact) mass is 562 g/mol. The Morgan fingerprint density at radius 3 is 2.31 bits per heavy atom. The Kier molecular flexibility index (Phi) is 8.27. The standard InChI is InChI=1S/C28H33F3N4O3S/c1-19-3-2-4-24(17-19)35(18-20-5-7-21(8-6-20)27-32-33-28(38-27)26(30)31)39(36,37)25-13-15-34(16-14-25)23-11-9-22(29)10-12-23/h2-8,17,22-23,25-26H,9-16,18H2,1H3/t22-,23+. The first-order valence-corrected chi connectivity index (χ1v) is 14.9. The molecule has 1 saturated heterocycles. The van der Waals surface area contributed by atoms with E-state index in [9.17, 15) is 21.6 Å². The topological polar surface area (TPSA) is 79.5 Å². The summed E-state index contributed by atoms with van der Waals surface area (Å²) < 4.78 is 73.8. The van der Waals surface area contributed by atoms with Gasteiger partial charge in [0.05, 0.1) is 17.5 Å². The van der Waals surface area contributed by atoms with E-state index in [0.29, 0.717) is 56.1 Å². The summed E-state index contributed by atoms with van der Waals surface area (Å²) in [6.45, 7) is 3.42. The number of piperidine rings is 1. The molecule has 3 aromatic rings. The molecule has 2 heterocycles. The fourth-order valence-electron chi connectivity index (χ4n) is 5.59. The molecule has 0 unspecified atom stereocenters. The number of aryl methyl sites for hydroxylation is 1. The second kappa shape index (κ2) is 11.7. The SMILES string of the molecule is Cc1cccc(N(Cc2ccc(-c3nnc(C(F)F)o3)cc2)S(=O)(=O)C2CCN([C@H]3CC[C@@H](F)CC3)CC2)c1. The van der Waals surface area contributed by atoms with Gasteiger partial charge in [0.2, 0.25) is 15.9 Å². The second-order valence-corrected chi connectivity index (χ2v) is 12.6. The molecule has 1 saturated carbocycles. The molecular weight excluding hydrogens is 529 g/mol. The Morgan fingerprint density at radius 2 is 1.69 bits per heavy atom. The molecule has 2 fully saturated rings. The number of nitrogens with zero attached hydrogens (tertiary/aromatic N) is 4. The third-order valence-corrected chi connectivity index (χ3v) is 10.1. The van der Waals surface area contributed by atoms with E-state index in [4.69, 9.17) is 4.42 Å². The fourth-order valence-corrected chi connectivity index (χ4v) is 7.49. The van der Waals surface area contributed by atoms with Gasteiger partial charge in [-0.25, -0.2) is 12.8 Å². The van der Waals surface area contributed by atoms with Crippen LogP contribution in [0.15, 0.2) is 52.9 Å². The van der Waals surface area contributed by atoms with Crippen LogP contribution in [0.25, 0.3) is 11.5 Å². The van der Waals surface area contributed by atoms with Crippen molar-refractivity contribution >= 4 is 15.7 Å². The van der Waals surface area contributed by atoms with Crippen molar-refractivity contribution < 1.29 is 26.0 Å². The highest BCUT2D eigenvalue weighted by Gasteiger charge is 2.37. The molecule has 39 heavy (non-hydrogen) atoms. The normalized spacial score (nSPS) is 21.4. The zero-order chi connectivity index (χ0) is 27.6. The number of sulfonamides is 1. The molecule has 11 heteroatoms. The van der Waals surface area contributed by atoms with Crippen molar-refractivity contribution in [2.45, 2.75) is 75.9 Å². The number of hydrogen-bond acceptors (Lipinski definition) is 6.